The Hall–Kier alpha value is -2.83. The van der Waals surface area contributed by atoms with E-state index in [0.717, 1.165) is 5.56 Å². The van der Waals surface area contributed by atoms with Crippen LogP contribution in [0.25, 0.3) is 0 Å². The minimum absolute atomic E-state index is 0.00144. The molecule has 0 radical (unpaired) electrons. The standard InChI is InChI=1S/C19H26N2O5/c1-6-14(17(23)25-5)20-16(22)15(12-13-10-8-7-9-11-13)21-18(24)26-19(2,3)4/h6-11,15H,12H2,1-5H3,(H,20,22)(H,21,24)/b14-6-/t15-/m0/s1. The zero-order valence-corrected chi connectivity index (χ0v) is 15.8. The monoisotopic (exact) mass is 362 g/mol. The summed E-state index contributed by atoms with van der Waals surface area (Å²) < 4.78 is 9.83. The summed E-state index contributed by atoms with van der Waals surface area (Å²) in [5.74, 6) is -1.21. The maximum atomic E-state index is 12.6. The van der Waals surface area contributed by atoms with E-state index in [-0.39, 0.29) is 12.1 Å². The van der Waals surface area contributed by atoms with E-state index >= 15 is 0 Å². The molecule has 1 rings (SSSR count). The smallest absolute Gasteiger partial charge is 0.408 e. The fourth-order valence-electron chi connectivity index (χ4n) is 2.08. The van der Waals surface area contributed by atoms with Gasteiger partial charge in [-0.25, -0.2) is 9.59 Å². The first-order chi connectivity index (χ1) is 12.2. The predicted octanol–water partition coefficient (Wildman–Crippen LogP) is 2.32. The zero-order valence-electron chi connectivity index (χ0n) is 15.8. The molecule has 0 bridgehead atoms. The molecule has 0 aromatic heterocycles. The minimum Gasteiger partial charge on any atom is -0.464 e. The molecule has 0 aliphatic heterocycles. The first-order valence-electron chi connectivity index (χ1n) is 8.25. The normalized spacial score (nSPS) is 12.7. The van der Waals surface area contributed by atoms with Crippen molar-refractivity contribution in [2.45, 2.75) is 45.8 Å². The lowest BCUT2D eigenvalue weighted by Gasteiger charge is -2.23. The molecule has 1 aromatic carbocycles. The van der Waals surface area contributed by atoms with E-state index in [4.69, 9.17) is 4.74 Å². The molecule has 0 unspecified atom stereocenters. The summed E-state index contributed by atoms with van der Waals surface area (Å²) in [4.78, 5) is 36.3. The molecule has 0 aliphatic carbocycles. The van der Waals surface area contributed by atoms with Crippen molar-refractivity contribution < 1.29 is 23.9 Å². The molecular formula is C19H26N2O5. The molecule has 1 aromatic rings. The lowest BCUT2D eigenvalue weighted by Crippen LogP contribution is -2.49. The Labute approximate surface area is 153 Å². The average molecular weight is 362 g/mol. The molecule has 7 nitrogen and oxygen atoms in total. The lowest BCUT2D eigenvalue weighted by atomic mass is 10.1. The van der Waals surface area contributed by atoms with Crippen molar-refractivity contribution in [1.82, 2.24) is 10.6 Å². The van der Waals surface area contributed by atoms with Crippen LogP contribution < -0.4 is 10.6 Å². The number of carbonyl (C=O) groups excluding carboxylic acids is 3. The third-order valence-electron chi connectivity index (χ3n) is 3.24. The number of allylic oxidation sites excluding steroid dienone is 1. The van der Waals surface area contributed by atoms with Gasteiger partial charge in [0.05, 0.1) is 7.11 Å². The van der Waals surface area contributed by atoms with Crippen LogP contribution in [0.4, 0.5) is 4.79 Å². The highest BCUT2D eigenvalue weighted by atomic mass is 16.6. The van der Waals surface area contributed by atoms with E-state index in [0.29, 0.717) is 0 Å². The average Bonchev–Trinajstić information content (AvgIpc) is 2.57. The molecule has 26 heavy (non-hydrogen) atoms. The number of methoxy groups -OCH3 is 1. The van der Waals surface area contributed by atoms with Gasteiger partial charge in [-0.1, -0.05) is 36.4 Å². The minimum atomic E-state index is -0.924. The third-order valence-corrected chi connectivity index (χ3v) is 3.24. The van der Waals surface area contributed by atoms with Gasteiger partial charge in [0.15, 0.2) is 0 Å². The van der Waals surface area contributed by atoms with E-state index in [2.05, 4.69) is 15.4 Å². The van der Waals surface area contributed by atoms with Crippen LogP contribution >= 0.6 is 0 Å². The van der Waals surface area contributed by atoms with Crippen molar-refractivity contribution in [2.75, 3.05) is 7.11 Å². The van der Waals surface area contributed by atoms with Gasteiger partial charge < -0.3 is 20.1 Å². The van der Waals surface area contributed by atoms with Crippen LogP contribution in [0, 0.1) is 0 Å². The molecule has 1 atom stereocenters. The van der Waals surface area contributed by atoms with Crippen molar-refractivity contribution in [3.63, 3.8) is 0 Å². The van der Waals surface area contributed by atoms with Gasteiger partial charge in [-0.05, 0) is 33.3 Å². The van der Waals surface area contributed by atoms with Crippen molar-refractivity contribution in [3.8, 4) is 0 Å². The molecule has 0 saturated heterocycles. The molecule has 2 N–H and O–H groups in total. The highest BCUT2D eigenvalue weighted by molar-refractivity contribution is 5.96. The number of amides is 2. The summed E-state index contributed by atoms with van der Waals surface area (Å²) in [5, 5.41) is 5.04. The van der Waals surface area contributed by atoms with Gasteiger partial charge in [-0.3, -0.25) is 4.79 Å². The van der Waals surface area contributed by atoms with Crippen molar-refractivity contribution in [3.05, 3.63) is 47.7 Å². The summed E-state index contributed by atoms with van der Waals surface area (Å²) in [7, 11) is 1.22. The fraction of sp³-hybridized carbons (Fsp3) is 0.421. The molecule has 7 heteroatoms. The van der Waals surface area contributed by atoms with Gasteiger partial charge >= 0.3 is 12.1 Å². The van der Waals surface area contributed by atoms with Crippen LogP contribution in [0.15, 0.2) is 42.1 Å². The highest BCUT2D eigenvalue weighted by Gasteiger charge is 2.26. The number of ether oxygens (including phenoxy) is 2. The molecule has 0 spiro atoms. The quantitative estimate of drug-likeness (QED) is 0.598. The molecule has 0 fully saturated rings. The fourth-order valence-corrected chi connectivity index (χ4v) is 2.08. The highest BCUT2D eigenvalue weighted by Crippen LogP contribution is 2.09. The van der Waals surface area contributed by atoms with Crippen molar-refractivity contribution >= 4 is 18.0 Å². The van der Waals surface area contributed by atoms with Crippen molar-refractivity contribution in [1.29, 1.82) is 0 Å². The van der Waals surface area contributed by atoms with Gasteiger partial charge in [0.2, 0.25) is 5.91 Å². The Kier molecular flexibility index (Phi) is 7.83. The van der Waals surface area contributed by atoms with Crippen LogP contribution in [-0.2, 0) is 25.5 Å². The lowest BCUT2D eigenvalue weighted by molar-refractivity contribution is -0.138. The Morgan fingerprint density at radius 2 is 1.77 bits per heavy atom. The largest absolute Gasteiger partial charge is 0.464 e. The SMILES string of the molecule is C/C=C(\NC(=O)[C@H](Cc1ccccc1)NC(=O)OC(C)(C)C)C(=O)OC. The summed E-state index contributed by atoms with van der Waals surface area (Å²) in [5.41, 5.74) is 0.156. The van der Waals surface area contributed by atoms with Gasteiger partial charge in [-0.2, -0.15) is 0 Å². The summed E-state index contributed by atoms with van der Waals surface area (Å²) >= 11 is 0. The molecule has 142 valence electrons. The topological polar surface area (TPSA) is 93.7 Å². The van der Waals surface area contributed by atoms with Gasteiger partial charge in [0, 0.05) is 6.42 Å². The number of hydrogen-bond donors (Lipinski definition) is 2. The molecule has 0 heterocycles. The number of benzene rings is 1. The number of rotatable bonds is 6. The van der Waals surface area contributed by atoms with Crippen LogP contribution in [0.2, 0.25) is 0 Å². The summed E-state index contributed by atoms with van der Waals surface area (Å²) in [6.45, 7) is 6.79. The van der Waals surface area contributed by atoms with E-state index in [9.17, 15) is 14.4 Å². The predicted molar refractivity (Wildman–Crippen MR) is 97.2 cm³/mol. The Balaban J connectivity index is 2.93. The van der Waals surface area contributed by atoms with E-state index in [1.165, 1.54) is 13.2 Å². The van der Waals surface area contributed by atoms with Gasteiger partial charge in [-0.15, -0.1) is 0 Å². The van der Waals surface area contributed by atoms with Gasteiger partial charge in [0.25, 0.3) is 0 Å². The number of alkyl carbamates (subject to hydrolysis) is 1. The Morgan fingerprint density at radius 1 is 1.15 bits per heavy atom. The van der Waals surface area contributed by atoms with Crippen LogP contribution in [-0.4, -0.2) is 36.7 Å². The summed E-state index contributed by atoms with van der Waals surface area (Å²) in [6.07, 6.45) is 0.953. The van der Waals surface area contributed by atoms with E-state index in [1.807, 2.05) is 30.3 Å². The van der Waals surface area contributed by atoms with Gasteiger partial charge in [0.1, 0.15) is 17.3 Å². The Bertz CT molecular complexity index is 662. The number of nitrogens with one attached hydrogen (secondary N) is 2. The number of esters is 1. The second kappa shape index (κ2) is 9.60. The maximum Gasteiger partial charge on any atom is 0.408 e. The first kappa shape index (κ1) is 21.2. The first-order valence-corrected chi connectivity index (χ1v) is 8.25. The molecule has 0 aliphatic rings. The number of carbonyl (C=O) groups is 3. The molecule has 2 amide bonds. The van der Waals surface area contributed by atoms with Crippen LogP contribution in [0.3, 0.4) is 0 Å². The van der Waals surface area contributed by atoms with E-state index < -0.39 is 29.6 Å². The zero-order chi connectivity index (χ0) is 19.7. The van der Waals surface area contributed by atoms with Crippen LogP contribution in [0.1, 0.15) is 33.3 Å². The Morgan fingerprint density at radius 3 is 2.27 bits per heavy atom. The second-order valence-electron chi connectivity index (χ2n) is 6.57. The maximum absolute atomic E-state index is 12.6. The number of hydrogen-bond acceptors (Lipinski definition) is 5. The van der Waals surface area contributed by atoms with Crippen LogP contribution in [0.5, 0.6) is 0 Å². The molecule has 0 saturated carbocycles. The van der Waals surface area contributed by atoms with Crippen molar-refractivity contribution in [2.24, 2.45) is 0 Å². The van der Waals surface area contributed by atoms with E-state index in [1.54, 1.807) is 27.7 Å². The third kappa shape index (κ3) is 7.38. The molecular weight excluding hydrogens is 336 g/mol. The summed E-state index contributed by atoms with van der Waals surface area (Å²) in [6, 6.07) is 8.29. The second-order valence-corrected chi connectivity index (χ2v) is 6.57.